The quantitative estimate of drug-likeness (QED) is 0.166. The number of hydrogen-bond donors (Lipinski definition) is 3. The Balaban J connectivity index is 1.60. The average Bonchev–Trinajstić information content (AvgIpc) is 2.92. The third-order valence-corrected chi connectivity index (χ3v) is 8.46. The number of phenolic OH excluding ortho intramolecular Hbond substituents is 2. The summed E-state index contributed by atoms with van der Waals surface area (Å²) in [5.74, 6) is 0.0494. The smallest absolute Gasteiger partial charge is 0.143 e. The largest absolute Gasteiger partial charge is 0.507 e. The lowest BCUT2D eigenvalue weighted by Crippen LogP contribution is -2.34. The summed E-state index contributed by atoms with van der Waals surface area (Å²) < 4.78 is 6.85. The van der Waals surface area contributed by atoms with Crippen LogP contribution in [-0.4, -0.2) is 23.3 Å². The molecular formula is C33H26N2O3. The first-order valence-corrected chi connectivity index (χ1v) is 13.3. The highest BCUT2D eigenvalue weighted by molar-refractivity contribution is 6.21. The summed E-state index contributed by atoms with van der Waals surface area (Å²) in [5.41, 5.74) is 6.81. The molecule has 1 aromatic heterocycles. The molecule has 8 rings (SSSR count). The molecule has 38 heavy (non-hydrogen) atoms. The van der Waals surface area contributed by atoms with Crippen molar-refractivity contribution >= 4 is 49.2 Å². The van der Waals surface area contributed by atoms with Gasteiger partial charge < -0.3 is 24.9 Å². The van der Waals surface area contributed by atoms with Crippen LogP contribution < -0.4 is 10.3 Å². The molecule has 186 valence electrons. The molecule has 6 aromatic rings. The van der Waals surface area contributed by atoms with E-state index in [1.807, 2.05) is 24.3 Å². The van der Waals surface area contributed by atoms with Gasteiger partial charge in [0.2, 0.25) is 0 Å². The second-order valence-electron chi connectivity index (χ2n) is 10.6. The van der Waals surface area contributed by atoms with Crippen molar-refractivity contribution in [1.82, 2.24) is 0 Å². The number of anilines is 1. The molecule has 5 nitrogen and oxygen atoms in total. The van der Waals surface area contributed by atoms with E-state index in [1.165, 1.54) is 22.2 Å². The maximum absolute atomic E-state index is 11.0. The van der Waals surface area contributed by atoms with Gasteiger partial charge in [0.05, 0.1) is 10.9 Å². The van der Waals surface area contributed by atoms with Gasteiger partial charge in [-0.25, -0.2) is 0 Å². The standard InChI is InChI=1S/C33H26N2O3/c34-20-9-11-21-18(16-20)8-10-24-29(30-27(36)6-1-7-28(30)37)25-13-12-22-23-5-3-15-35-14-2-4-19(31(23)35)17-26(22)33(25)38-32(21)24/h1,6-13,16-17,34,36-37H,2-5,14-15H2. The summed E-state index contributed by atoms with van der Waals surface area (Å²) in [6.45, 7) is 2.24. The molecule has 0 spiro atoms. The molecule has 2 aliphatic rings. The van der Waals surface area contributed by atoms with E-state index in [2.05, 4.69) is 23.1 Å². The van der Waals surface area contributed by atoms with Gasteiger partial charge in [0.1, 0.15) is 22.7 Å². The molecule has 0 bridgehead atoms. The molecule has 3 heterocycles. The summed E-state index contributed by atoms with van der Waals surface area (Å²) in [5, 5.41) is 36.3. The van der Waals surface area contributed by atoms with Crippen LogP contribution in [0.5, 0.6) is 11.5 Å². The number of hydrogen-bond acceptors (Lipinski definition) is 5. The van der Waals surface area contributed by atoms with Gasteiger partial charge in [-0.15, -0.1) is 0 Å². The van der Waals surface area contributed by atoms with Crippen LogP contribution in [-0.2, 0) is 12.8 Å². The summed E-state index contributed by atoms with van der Waals surface area (Å²) >= 11 is 0. The number of aromatic hydroxyl groups is 2. The molecule has 0 aliphatic carbocycles. The normalized spacial score (nSPS) is 15.0. The van der Waals surface area contributed by atoms with Gasteiger partial charge in [-0.2, -0.15) is 0 Å². The van der Waals surface area contributed by atoms with Gasteiger partial charge >= 0.3 is 0 Å². The van der Waals surface area contributed by atoms with Crippen LogP contribution in [0.2, 0.25) is 0 Å². The fourth-order valence-corrected chi connectivity index (χ4v) is 6.87. The minimum Gasteiger partial charge on any atom is -0.507 e. The zero-order valence-electron chi connectivity index (χ0n) is 20.8. The number of nitrogens with zero attached hydrogens (tertiary/aromatic N) is 1. The van der Waals surface area contributed by atoms with E-state index in [-0.39, 0.29) is 11.5 Å². The van der Waals surface area contributed by atoms with Crippen LogP contribution in [0.4, 0.5) is 5.69 Å². The van der Waals surface area contributed by atoms with Gasteiger partial charge in [0, 0.05) is 45.9 Å². The molecule has 5 aromatic carbocycles. The molecule has 0 saturated carbocycles. The Morgan fingerprint density at radius 2 is 1.37 bits per heavy atom. The summed E-state index contributed by atoms with van der Waals surface area (Å²) in [4.78, 5) is 2.55. The van der Waals surface area contributed by atoms with E-state index in [4.69, 9.17) is 9.83 Å². The molecule has 0 saturated heterocycles. The number of nitrogens with one attached hydrogen (secondary N) is 1. The van der Waals surface area contributed by atoms with Crippen molar-refractivity contribution in [3.63, 3.8) is 0 Å². The van der Waals surface area contributed by atoms with Crippen LogP contribution in [0.25, 0.3) is 54.6 Å². The van der Waals surface area contributed by atoms with Crippen molar-refractivity contribution in [1.29, 1.82) is 5.41 Å². The lowest BCUT2D eigenvalue weighted by Gasteiger charge is -2.37. The van der Waals surface area contributed by atoms with Crippen molar-refractivity contribution in [2.24, 2.45) is 0 Å². The fraction of sp³-hybridized carbons (Fsp3) is 0.182. The Hall–Kier alpha value is -4.51. The monoisotopic (exact) mass is 498 g/mol. The minimum atomic E-state index is 0.0247. The number of rotatable bonds is 1. The van der Waals surface area contributed by atoms with Gasteiger partial charge in [-0.1, -0.05) is 18.2 Å². The van der Waals surface area contributed by atoms with Gasteiger partial charge in [0.25, 0.3) is 0 Å². The van der Waals surface area contributed by atoms with Crippen LogP contribution in [0.3, 0.4) is 0 Å². The molecule has 0 unspecified atom stereocenters. The highest BCUT2D eigenvalue weighted by Gasteiger charge is 2.27. The molecule has 0 amide bonds. The van der Waals surface area contributed by atoms with Crippen LogP contribution in [0, 0.1) is 5.41 Å². The van der Waals surface area contributed by atoms with Crippen LogP contribution in [0.1, 0.15) is 24.0 Å². The van der Waals surface area contributed by atoms with Gasteiger partial charge in [-0.3, -0.25) is 0 Å². The third-order valence-electron chi connectivity index (χ3n) is 8.46. The van der Waals surface area contributed by atoms with E-state index >= 15 is 0 Å². The predicted octanol–water partition coefficient (Wildman–Crippen LogP) is 7.15. The zero-order valence-corrected chi connectivity index (χ0v) is 20.8. The molecule has 0 atom stereocenters. The van der Waals surface area contributed by atoms with E-state index in [9.17, 15) is 10.2 Å². The number of fused-ring (bicyclic) bond motifs is 7. The van der Waals surface area contributed by atoms with E-state index in [1.54, 1.807) is 24.3 Å². The van der Waals surface area contributed by atoms with Crippen molar-refractivity contribution in [2.45, 2.75) is 25.7 Å². The topological polar surface area (TPSA) is 80.7 Å². The zero-order chi connectivity index (χ0) is 25.5. The van der Waals surface area contributed by atoms with E-state index < -0.39 is 0 Å². The number of phenols is 2. The average molecular weight is 499 g/mol. The van der Waals surface area contributed by atoms with Crippen molar-refractivity contribution < 1.29 is 14.6 Å². The third kappa shape index (κ3) is 2.90. The highest BCUT2D eigenvalue weighted by Crippen LogP contribution is 2.49. The minimum absolute atomic E-state index is 0.0247. The Bertz CT molecular complexity index is 2020. The van der Waals surface area contributed by atoms with E-state index in [0.717, 1.165) is 76.9 Å². The summed E-state index contributed by atoms with van der Waals surface area (Å²) in [7, 11) is 0. The maximum Gasteiger partial charge on any atom is 0.143 e. The molecule has 5 heteroatoms. The lowest BCUT2D eigenvalue weighted by atomic mass is 9.86. The number of benzene rings is 5. The fourth-order valence-electron chi connectivity index (χ4n) is 6.87. The number of aryl methyl sites for hydroxylation is 2. The summed E-state index contributed by atoms with van der Waals surface area (Å²) in [6, 6.07) is 21.0. The Morgan fingerprint density at radius 3 is 2.18 bits per heavy atom. The highest BCUT2D eigenvalue weighted by atomic mass is 16.3. The first kappa shape index (κ1) is 21.6. The molecular weight excluding hydrogens is 472 g/mol. The molecule has 3 N–H and O–H groups in total. The summed E-state index contributed by atoms with van der Waals surface area (Å²) in [6.07, 6.45) is 4.41. The predicted molar refractivity (Wildman–Crippen MR) is 152 cm³/mol. The van der Waals surface area contributed by atoms with Crippen LogP contribution in [0.15, 0.2) is 71.1 Å². The lowest BCUT2D eigenvalue weighted by molar-refractivity contribution is 0.454. The Kier molecular flexibility index (Phi) is 4.40. The Morgan fingerprint density at radius 1 is 0.684 bits per heavy atom. The Labute approximate surface area is 218 Å². The maximum atomic E-state index is 11.0. The first-order chi connectivity index (χ1) is 18.6. The van der Waals surface area contributed by atoms with Gasteiger partial charge in [0.15, 0.2) is 0 Å². The molecule has 0 fully saturated rings. The molecule has 2 aliphatic heterocycles. The van der Waals surface area contributed by atoms with Crippen molar-refractivity contribution in [3.8, 4) is 22.6 Å². The molecule has 0 radical (unpaired) electrons. The second kappa shape index (κ2) is 7.75. The second-order valence-corrected chi connectivity index (χ2v) is 10.6. The van der Waals surface area contributed by atoms with E-state index in [0.29, 0.717) is 16.5 Å². The first-order valence-electron chi connectivity index (χ1n) is 13.3. The van der Waals surface area contributed by atoms with Crippen LogP contribution >= 0.6 is 0 Å². The van der Waals surface area contributed by atoms with Crippen molar-refractivity contribution in [3.05, 3.63) is 83.2 Å². The SMILES string of the molecule is N=c1ccc2c(ccc3c(-c4c(O)cccc4O)c4ccc5c6c7c(cc5c4oc32)CCCN7CCC6)c1. The van der Waals surface area contributed by atoms with Gasteiger partial charge in [-0.05, 0) is 96.1 Å². The van der Waals surface area contributed by atoms with Crippen molar-refractivity contribution in [2.75, 3.05) is 18.0 Å².